The van der Waals surface area contributed by atoms with Crippen LogP contribution in [0.4, 0.5) is 34.1 Å². The Morgan fingerprint density at radius 2 is 1.02 bits per heavy atom. The Hall–Kier alpha value is -9.24. The van der Waals surface area contributed by atoms with E-state index in [4.69, 9.17) is 15.1 Å². The van der Waals surface area contributed by atoms with Crippen LogP contribution in [0, 0.1) is 13.8 Å². The fraction of sp³-hybridized carbons (Fsp3) is 0.241. The maximum Gasteiger partial charge on any atom is 0.327 e. The van der Waals surface area contributed by atoms with E-state index in [0.717, 1.165) is 5.56 Å². The zero-order valence-electron chi connectivity index (χ0n) is 45.9. The van der Waals surface area contributed by atoms with Crippen molar-refractivity contribution in [1.82, 2.24) is 32.3 Å². The number of hydrogen-bond acceptors (Lipinski definition) is 18. The molecule has 0 saturated carbocycles. The van der Waals surface area contributed by atoms with Gasteiger partial charge in [-0.1, -0.05) is 12.1 Å². The molecule has 0 bridgehead atoms. The molecule has 0 aliphatic carbocycles. The summed E-state index contributed by atoms with van der Waals surface area (Å²) in [5, 5.41) is 30.3. The molecule has 450 valence electrons. The summed E-state index contributed by atoms with van der Waals surface area (Å²) in [4.78, 5) is 91.8. The second kappa shape index (κ2) is 32.0. The van der Waals surface area contributed by atoms with Crippen molar-refractivity contribution in [3.8, 4) is 0 Å². The Morgan fingerprint density at radius 1 is 0.529 bits per heavy atom. The molecule has 0 spiro atoms. The quantitative estimate of drug-likeness (QED) is 0.0123. The molecule has 0 atom stereocenters. The largest absolute Gasteiger partial charge is 0.395 e. The molecule has 4 aromatic carbocycles. The number of carbonyl (C=O) groups excluding carboxylic acids is 7. The van der Waals surface area contributed by atoms with Gasteiger partial charge in [0.05, 0.1) is 41.0 Å². The number of hydrogen-bond donors (Lipinski definition) is 14. The smallest absolute Gasteiger partial charge is 0.327 e. The van der Waals surface area contributed by atoms with Gasteiger partial charge in [0.15, 0.2) is 24.8 Å². The summed E-state index contributed by atoms with van der Waals surface area (Å²) in [7, 11) is -8.24. The van der Waals surface area contributed by atoms with E-state index in [1.807, 2.05) is 6.07 Å². The van der Waals surface area contributed by atoms with Gasteiger partial charge in [-0.2, -0.15) is 20.9 Å². The lowest BCUT2D eigenvalue weighted by Crippen LogP contribution is -2.43. The molecule has 0 fully saturated rings. The van der Waals surface area contributed by atoms with E-state index >= 15 is 0 Å². The molecule has 6 aromatic rings. The Bertz CT molecular complexity index is 3620. The number of aryl methyl sites for hydroxylation is 2. The molecule has 14 N–H and O–H groups in total. The van der Waals surface area contributed by atoms with Crippen molar-refractivity contribution in [2.75, 3.05) is 81.8 Å². The fourth-order valence-electron chi connectivity index (χ4n) is 7.51. The number of thioether (sulfide) groups is 1. The van der Waals surface area contributed by atoms with Gasteiger partial charge in [-0.3, -0.25) is 69.5 Å². The van der Waals surface area contributed by atoms with Crippen LogP contribution in [0.15, 0.2) is 144 Å². The van der Waals surface area contributed by atoms with Crippen molar-refractivity contribution in [1.29, 1.82) is 0 Å². The molecule has 28 nitrogen and oxygen atoms in total. The van der Waals surface area contributed by atoms with Gasteiger partial charge >= 0.3 is 23.6 Å². The number of hydroxylamine groups is 1. The zero-order valence-corrected chi connectivity index (χ0v) is 48.3. The third-order valence-corrected chi connectivity index (χ3v) is 15.3. The summed E-state index contributed by atoms with van der Waals surface area (Å²) in [6, 6.07) is 27.1. The number of hydrazine groups is 2. The summed E-state index contributed by atoms with van der Waals surface area (Å²) in [5.41, 5.74) is 16.3. The van der Waals surface area contributed by atoms with Gasteiger partial charge in [-0.15, -0.1) is 0 Å². The van der Waals surface area contributed by atoms with Gasteiger partial charge in [0.1, 0.15) is 5.56 Å². The van der Waals surface area contributed by atoms with E-state index < -0.39 is 55.5 Å². The highest BCUT2D eigenvalue weighted by Crippen LogP contribution is 2.25. The molecule has 31 heteroatoms. The topological polar surface area (TPSA) is 390 Å². The maximum absolute atomic E-state index is 13.3. The first-order chi connectivity index (χ1) is 40.7. The number of anilines is 6. The van der Waals surface area contributed by atoms with E-state index in [2.05, 4.69) is 63.2 Å². The molecule has 7 amide bonds. The van der Waals surface area contributed by atoms with Gasteiger partial charge in [-0.05, 0) is 110 Å². The molecule has 0 saturated heterocycles. The van der Waals surface area contributed by atoms with Gasteiger partial charge < -0.3 is 36.8 Å². The Labute approximate surface area is 493 Å². The minimum atomic E-state index is -4.13. The van der Waals surface area contributed by atoms with Crippen LogP contribution in [0.1, 0.15) is 27.0 Å². The second-order valence-electron chi connectivity index (χ2n) is 18.2. The maximum atomic E-state index is 13.3. The average molecular weight is 1230 g/mol. The predicted molar refractivity (Wildman–Crippen MR) is 314 cm³/mol. The standard InChI is InChI=1S/C54H62N14O14S3/c1-36-27-42(13-15-46(36)61-63-53(76)51(74)55-17-23-69)65-84(78,79)44-11-3-9-40(29-44)59-48(71)33-67-21-5-7-38(31-67)35-82-58-20-26-83-25-19-57-50(73)39-8-6-22-68(32-39)34-49(72)60-41-10-4-12-45(30-41)85(80,81)66-43-14-16-47(37(2)28-43)62-64-54(77)52(75)56-18-24-70/h3-16,21-22,27-32,58,69-70H,17-20,23-26,33-35H2,1-2H3,(H9-2,55,56,57,59,60,61,62,63,64,65,66,71,72,73,74,75,76,77)/p+2. The summed E-state index contributed by atoms with van der Waals surface area (Å²) in [6.07, 6.45) is 6.58. The van der Waals surface area contributed by atoms with Crippen LogP contribution in [0.25, 0.3) is 0 Å². The third-order valence-electron chi connectivity index (χ3n) is 11.6. The van der Waals surface area contributed by atoms with E-state index in [9.17, 15) is 50.4 Å². The predicted octanol–water partition coefficient (Wildman–Crippen LogP) is 0.0450. The third kappa shape index (κ3) is 21.2. The zero-order chi connectivity index (χ0) is 61.4. The van der Waals surface area contributed by atoms with Crippen LogP contribution in [-0.4, -0.2) is 119 Å². The number of nitrogens with zero attached hydrogens (tertiary/aromatic N) is 2. The summed E-state index contributed by atoms with van der Waals surface area (Å²) in [6.45, 7) is 3.23. The number of aliphatic hydroxyl groups is 2. The minimum Gasteiger partial charge on any atom is -0.395 e. The minimum absolute atomic E-state index is 0.0856. The molecule has 85 heavy (non-hydrogen) atoms. The summed E-state index contributed by atoms with van der Waals surface area (Å²) < 4.78 is 61.4. The molecule has 6 rings (SSSR count). The number of benzene rings is 4. The Morgan fingerprint density at radius 3 is 1.53 bits per heavy atom. The van der Waals surface area contributed by atoms with Crippen molar-refractivity contribution in [2.45, 2.75) is 43.3 Å². The van der Waals surface area contributed by atoms with Gasteiger partial charge in [0.2, 0.25) is 13.1 Å². The first-order valence-electron chi connectivity index (χ1n) is 25.9. The monoisotopic (exact) mass is 1230 g/mol. The lowest BCUT2D eigenvalue weighted by molar-refractivity contribution is -0.684. The Balaban J connectivity index is 0.853. The summed E-state index contributed by atoms with van der Waals surface area (Å²) in [5.74, 6) is -3.87. The van der Waals surface area contributed by atoms with Crippen molar-refractivity contribution >= 4 is 107 Å². The first kappa shape index (κ1) is 64.9. The number of pyridine rings is 2. The molecule has 0 aliphatic rings. The van der Waals surface area contributed by atoms with E-state index in [-0.39, 0.29) is 84.4 Å². The number of rotatable bonds is 30. The fourth-order valence-corrected chi connectivity index (χ4v) is 10.4. The molecule has 0 unspecified atom stereocenters. The van der Waals surface area contributed by atoms with Crippen LogP contribution in [-0.2, 0) is 73.3 Å². The average Bonchev–Trinajstić information content (AvgIpc) is 3.29. The van der Waals surface area contributed by atoms with E-state index in [0.29, 0.717) is 52.7 Å². The molecule has 0 aliphatic heterocycles. The highest BCUT2D eigenvalue weighted by Gasteiger charge is 2.21. The van der Waals surface area contributed by atoms with Gasteiger partial charge in [-0.25, -0.2) is 22.3 Å². The van der Waals surface area contributed by atoms with Crippen LogP contribution in [0.2, 0.25) is 0 Å². The van der Waals surface area contributed by atoms with Crippen molar-refractivity contribution in [3.63, 3.8) is 0 Å². The molecule has 2 heterocycles. The van der Waals surface area contributed by atoms with Crippen LogP contribution < -0.4 is 72.3 Å². The van der Waals surface area contributed by atoms with Crippen LogP contribution in [0.3, 0.4) is 0 Å². The van der Waals surface area contributed by atoms with E-state index in [1.165, 1.54) is 89.6 Å². The van der Waals surface area contributed by atoms with Crippen molar-refractivity contribution in [2.24, 2.45) is 0 Å². The SMILES string of the molecule is Cc1cc(NS(=O)(=O)c2cccc(NC(=O)C[n+]3cccc(CONCCSCCNC(=O)c4ccc[n+](CC(=O)Nc5cccc(S(=O)(=O)Nc6ccc(NNC(=O)C(=O)NCCO)c(C)c6)c5)c4)c3)c2)ccc1NNC(=O)C(=O)NCCO. The normalized spacial score (nSPS) is 11.1. The van der Waals surface area contributed by atoms with Crippen molar-refractivity contribution < 1.29 is 74.6 Å². The molecular weight excluding hydrogens is 1160 g/mol. The van der Waals surface area contributed by atoms with Crippen LogP contribution in [0.5, 0.6) is 0 Å². The number of sulfonamides is 2. The molecule has 0 radical (unpaired) electrons. The highest BCUT2D eigenvalue weighted by molar-refractivity contribution is 7.99. The number of carbonyl (C=O) groups is 7. The first-order valence-corrected chi connectivity index (χ1v) is 30.0. The lowest BCUT2D eigenvalue weighted by Gasteiger charge is -2.14. The number of aliphatic hydroxyl groups excluding tert-OH is 2. The lowest BCUT2D eigenvalue weighted by atomic mass is 10.2. The van der Waals surface area contributed by atoms with Crippen LogP contribution >= 0.6 is 11.8 Å². The van der Waals surface area contributed by atoms with E-state index in [1.54, 1.807) is 73.0 Å². The molecule has 2 aromatic heterocycles. The molecular formula is C54H64N14O14S3+2. The van der Waals surface area contributed by atoms with Gasteiger partial charge in [0.25, 0.3) is 37.8 Å². The summed E-state index contributed by atoms with van der Waals surface area (Å²) >= 11 is 1.58. The number of aromatic nitrogens is 2. The van der Waals surface area contributed by atoms with Crippen molar-refractivity contribution in [3.05, 3.63) is 156 Å². The highest BCUT2D eigenvalue weighted by atomic mass is 32.2. The second-order valence-corrected chi connectivity index (χ2v) is 22.8. The van der Waals surface area contributed by atoms with Gasteiger partial charge in [0, 0.05) is 78.1 Å². The number of amides is 7. The number of nitrogens with one attached hydrogen (secondary N) is 12. The Kier molecular flexibility index (Phi) is 24.4.